The van der Waals surface area contributed by atoms with Gasteiger partial charge in [-0.2, -0.15) is 0 Å². The summed E-state index contributed by atoms with van der Waals surface area (Å²) >= 11 is 0. The molecule has 0 spiro atoms. The topological polar surface area (TPSA) is 37.6 Å². The summed E-state index contributed by atoms with van der Waals surface area (Å²) in [5.41, 5.74) is 10.3. The van der Waals surface area contributed by atoms with Gasteiger partial charge in [0.1, 0.15) is 0 Å². The predicted octanol–water partition coefficient (Wildman–Crippen LogP) is -2.39. The van der Waals surface area contributed by atoms with Crippen LogP contribution < -0.4 is 37.2 Å². The van der Waals surface area contributed by atoms with Crippen molar-refractivity contribution in [2.24, 2.45) is 9.98 Å². The Labute approximate surface area is 222 Å². The van der Waals surface area contributed by atoms with Gasteiger partial charge in [-0.15, -0.1) is 0 Å². The molecule has 1 heterocycles. The Morgan fingerprint density at radius 2 is 0.844 bits per heavy atom. The number of hydrogen-bond acceptors (Lipinski definition) is 3. The molecule has 0 aliphatic rings. The molecule has 0 radical (unpaired) electrons. The molecule has 0 atom stereocenters. The molecule has 0 unspecified atom stereocenters. The summed E-state index contributed by atoms with van der Waals surface area (Å²) in [6.45, 7) is 12.4. The molecule has 2 aromatic carbocycles. The van der Waals surface area contributed by atoms with Crippen LogP contribution in [-0.2, 0) is 18.6 Å². The van der Waals surface area contributed by atoms with Gasteiger partial charge < -0.3 is 37.2 Å². The molecule has 168 valence electrons. The second-order valence-corrected chi connectivity index (χ2v) is 7.28. The number of halogens is 3. The number of aliphatic imine (C=N–C) groups is 2. The van der Waals surface area contributed by atoms with Crippen molar-refractivity contribution in [3.8, 4) is 0 Å². The van der Waals surface area contributed by atoms with E-state index in [1.807, 2.05) is 32.0 Å². The maximum absolute atomic E-state index is 4.86. The predicted molar refractivity (Wildman–Crippen MR) is 120 cm³/mol. The normalized spacial score (nSPS) is 10.8. The van der Waals surface area contributed by atoms with Crippen LogP contribution in [0.25, 0.3) is 0 Å². The molecule has 3 nitrogen and oxygen atoms in total. The van der Waals surface area contributed by atoms with E-state index in [1.54, 1.807) is 0 Å². The third-order valence-corrected chi connectivity index (χ3v) is 4.93. The zero-order valence-corrected chi connectivity index (χ0v) is 22.8. The fourth-order valence-corrected chi connectivity index (χ4v) is 3.25. The number of pyridine rings is 1. The summed E-state index contributed by atoms with van der Waals surface area (Å²) in [5.74, 6) is 0. The van der Waals surface area contributed by atoms with Crippen molar-refractivity contribution in [3.63, 3.8) is 0 Å². The summed E-state index contributed by atoms with van der Waals surface area (Å²) in [4.78, 5) is 14.5. The minimum Gasteiger partial charge on any atom is -1.00 e. The molecule has 0 bridgehead atoms. The van der Waals surface area contributed by atoms with E-state index < -0.39 is 0 Å². The molecule has 0 saturated carbocycles. The monoisotopic (exact) mass is 525 g/mol. The average Bonchev–Trinajstić information content (AvgIpc) is 2.67. The van der Waals surface area contributed by atoms with Gasteiger partial charge in [-0.25, -0.2) is 4.98 Å². The number of aryl methyl sites for hydroxylation is 4. The van der Waals surface area contributed by atoms with E-state index in [-0.39, 0.29) is 55.8 Å². The van der Waals surface area contributed by atoms with Crippen LogP contribution in [0.3, 0.4) is 0 Å². The second kappa shape index (κ2) is 14.5. The third-order valence-electron chi connectivity index (χ3n) is 4.93. The molecule has 32 heavy (non-hydrogen) atoms. The van der Waals surface area contributed by atoms with Gasteiger partial charge in [-0.1, -0.05) is 42.5 Å². The molecule has 0 aliphatic carbocycles. The Balaban J connectivity index is 0. The van der Waals surface area contributed by atoms with Crippen LogP contribution in [0.5, 0.6) is 0 Å². The van der Waals surface area contributed by atoms with Crippen LogP contribution in [0.2, 0.25) is 0 Å². The number of aromatic nitrogens is 1. The molecule has 3 aromatic rings. The van der Waals surface area contributed by atoms with E-state index in [9.17, 15) is 0 Å². The first kappa shape index (κ1) is 32.6. The van der Waals surface area contributed by atoms with E-state index in [4.69, 9.17) is 15.0 Å². The third kappa shape index (κ3) is 7.76. The summed E-state index contributed by atoms with van der Waals surface area (Å²) in [7, 11) is 0. The molecular weight excluding hydrogens is 500 g/mol. The van der Waals surface area contributed by atoms with E-state index in [1.165, 1.54) is 22.3 Å². The van der Waals surface area contributed by atoms with E-state index in [0.717, 1.165) is 34.2 Å². The Morgan fingerprint density at radius 1 is 0.562 bits per heavy atom. The number of nitrogens with zero attached hydrogens (tertiary/aromatic N) is 3. The van der Waals surface area contributed by atoms with Crippen LogP contribution in [0.4, 0.5) is 11.4 Å². The first-order chi connectivity index (χ1) is 13.4. The van der Waals surface area contributed by atoms with Gasteiger partial charge in [-0.3, -0.25) is 9.98 Å². The van der Waals surface area contributed by atoms with Crippen molar-refractivity contribution in [2.75, 3.05) is 0 Å². The molecule has 3 rings (SSSR count). The van der Waals surface area contributed by atoms with Crippen molar-refractivity contribution >= 4 is 22.8 Å². The molecular formula is C25H27Cl3N3V. The van der Waals surface area contributed by atoms with Gasteiger partial charge in [0.05, 0.1) is 34.2 Å². The van der Waals surface area contributed by atoms with Crippen LogP contribution in [0, 0.1) is 27.7 Å². The summed E-state index contributed by atoms with van der Waals surface area (Å²) < 4.78 is 0. The molecule has 0 fully saturated rings. The number of rotatable bonds is 4. The number of hydrogen-bond donors (Lipinski definition) is 0. The Bertz CT molecular complexity index is 972. The van der Waals surface area contributed by atoms with Crippen LogP contribution in [0.15, 0.2) is 64.6 Å². The smallest absolute Gasteiger partial charge is 1.00 e. The van der Waals surface area contributed by atoms with E-state index in [0.29, 0.717) is 0 Å². The van der Waals surface area contributed by atoms with Gasteiger partial charge in [0, 0.05) is 0 Å². The van der Waals surface area contributed by atoms with Gasteiger partial charge in [-0.05, 0) is 75.9 Å². The molecule has 0 aliphatic heterocycles. The minimum absolute atomic E-state index is 0. The van der Waals surface area contributed by atoms with Crippen LogP contribution in [-0.4, -0.2) is 16.4 Å². The Hall–Kier alpha value is -1.62. The SMILES string of the molecule is C/C(=N\c1c(C)cccc1C)c1cccc(/C(C)=N/c2c(C)cccc2C)n1.[Cl-].[Cl-].[Cl-].[V+3]. The van der Waals surface area contributed by atoms with Gasteiger partial charge in [0.15, 0.2) is 0 Å². The first-order valence-electron chi connectivity index (χ1n) is 9.57. The van der Waals surface area contributed by atoms with Crippen molar-refractivity contribution in [2.45, 2.75) is 41.5 Å². The molecule has 0 saturated heterocycles. The van der Waals surface area contributed by atoms with Crippen molar-refractivity contribution in [3.05, 3.63) is 88.2 Å². The van der Waals surface area contributed by atoms with Crippen LogP contribution in [0.1, 0.15) is 47.5 Å². The summed E-state index contributed by atoms with van der Waals surface area (Å²) in [6, 6.07) is 18.5. The minimum atomic E-state index is 0. The fourth-order valence-electron chi connectivity index (χ4n) is 3.25. The zero-order valence-electron chi connectivity index (χ0n) is 19.1. The quantitative estimate of drug-likeness (QED) is 0.350. The fraction of sp³-hybridized carbons (Fsp3) is 0.240. The maximum Gasteiger partial charge on any atom is 3.00 e. The van der Waals surface area contributed by atoms with Crippen molar-refractivity contribution in [1.29, 1.82) is 0 Å². The van der Waals surface area contributed by atoms with Crippen molar-refractivity contribution in [1.82, 2.24) is 4.98 Å². The second-order valence-electron chi connectivity index (χ2n) is 7.28. The molecule has 1 aromatic heterocycles. The first-order valence-corrected chi connectivity index (χ1v) is 9.57. The standard InChI is InChI=1S/C25H27N3.3ClH.V/c1-16-10-7-11-17(2)24(16)26-20(5)22-14-9-15-23(28-22)21(6)27-25-18(3)12-8-13-19(25)4;;;;/h7-15H,1-6H3;3*1H;/q;;;;+3/p-3/b26-20+,27-21+;;;;. The van der Waals surface area contributed by atoms with Crippen LogP contribution >= 0.6 is 0 Å². The number of benzene rings is 2. The largest absolute Gasteiger partial charge is 3.00 e. The maximum atomic E-state index is 4.86. The molecule has 0 N–H and O–H groups in total. The number of para-hydroxylation sites is 2. The average molecular weight is 527 g/mol. The zero-order chi connectivity index (χ0) is 20.3. The van der Waals surface area contributed by atoms with Gasteiger partial charge in [0.25, 0.3) is 0 Å². The summed E-state index contributed by atoms with van der Waals surface area (Å²) in [6.07, 6.45) is 0. The van der Waals surface area contributed by atoms with E-state index in [2.05, 4.69) is 64.1 Å². The molecule has 7 heteroatoms. The van der Waals surface area contributed by atoms with Gasteiger partial charge >= 0.3 is 18.6 Å². The summed E-state index contributed by atoms with van der Waals surface area (Å²) in [5, 5.41) is 0. The van der Waals surface area contributed by atoms with E-state index >= 15 is 0 Å². The Morgan fingerprint density at radius 3 is 1.16 bits per heavy atom. The molecule has 0 amide bonds. The van der Waals surface area contributed by atoms with Crippen molar-refractivity contribution < 1.29 is 55.8 Å². The Kier molecular flexibility index (Phi) is 14.8. The van der Waals surface area contributed by atoms with Gasteiger partial charge in [0.2, 0.25) is 0 Å².